The van der Waals surface area contributed by atoms with Gasteiger partial charge in [-0.3, -0.25) is 4.57 Å². The Kier molecular flexibility index (Phi) is 5.98. The molecule has 0 heterocycles. The molecule has 64 valence electrons. The molecule has 1 unspecified atom stereocenters. The molecular formula is CH9NO5P2S. The van der Waals surface area contributed by atoms with E-state index >= 15 is 0 Å². The highest BCUT2D eigenvalue weighted by Gasteiger charge is 1.96. The molecule has 0 aliphatic carbocycles. The van der Waals surface area contributed by atoms with Gasteiger partial charge in [0.1, 0.15) is 0 Å². The summed E-state index contributed by atoms with van der Waals surface area (Å²) in [6, 6.07) is 0. The highest BCUT2D eigenvalue weighted by atomic mass is 32.7. The maximum Gasteiger partial charge on any atom is 0.397 e. The largest absolute Gasteiger partial charge is 0.397 e. The molecule has 0 aliphatic rings. The van der Waals surface area contributed by atoms with Gasteiger partial charge in [0.15, 0.2) is 0 Å². The maximum atomic E-state index is 9.64. The second kappa shape index (κ2) is 4.51. The van der Waals surface area contributed by atoms with Crippen molar-refractivity contribution in [1.29, 1.82) is 0 Å². The van der Waals surface area contributed by atoms with E-state index in [1.165, 1.54) is 0 Å². The van der Waals surface area contributed by atoms with Crippen molar-refractivity contribution in [2.24, 2.45) is 5.50 Å². The minimum atomic E-state index is -4.14. The Morgan fingerprint density at radius 2 is 1.30 bits per heavy atom. The predicted octanol–water partition coefficient (Wildman–Crippen LogP) is -0.231. The van der Waals surface area contributed by atoms with Crippen LogP contribution in [0.5, 0.6) is 0 Å². The van der Waals surface area contributed by atoms with E-state index in [4.69, 9.17) is 19.2 Å². The van der Waals surface area contributed by atoms with E-state index < -0.39 is 14.3 Å². The lowest BCUT2D eigenvalue weighted by Crippen LogP contribution is -1.87. The second-order valence-corrected chi connectivity index (χ2v) is 6.50. The van der Waals surface area contributed by atoms with Crippen LogP contribution in [-0.4, -0.2) is 21.3 Å². The number of hydrogen-bond acceptors (Lipinski definition) is 2. The van der Waals surface area contributed by atoms with Gasteiger partial charge in [0, 0.05) is 6.66 Å². The van der Waals surface area contributed by atoms with Gasteiger partial charge in [0.05, 0.1) is 0 Å². The molecule has 0 radical (unpaired) electrons. The first-order chi connectivity index (χ1) is 4.00. The zero-order chi connectivity index (χ0) is 9.00. The summed E-state index contributed by atoms with van der Waals surface area (Å²) in [7, 11) is -4.14. The Labute approximate surface area is 63.3 Å². The van der Waals surface area contributed by atoms with E-state index in [0.717, 1.165) is 6.66 Å². The van der Waals surface area contributed by atoms with Crippen LogP contribution in [0.1, 0.15) is 0 Å². The molecule has 0 amide bonds. The van der Waals surface area contributed by atoms with Gasteiger partial charge in [0.25, 0.3) is 0 Å². The minimum absolute atomic E-state index is 1.16. The van der Waals surface area contributed by atoms with Gasteiger partial charge in [-0.25, -0.2) is 10.1 Å². The zero-order valence-corrected chi connectivity index (χ0v) is 7.76. The molecule has 0 saturated carbocycles. The number of hydrogen-bond donors (Lipinski definition) is 5. The zero-order valence-electron chi connectivity index (χ0n) is 5.08. The van der Waals surface area contributed by atoms with E-state index in [1.54, 1.807) is 0 Å². The van der Waals surface area contributed by atoms with Crippen LogP contribution >= 0.6 is 26.6 Å². The molecule has 10 heavy (non-hydrogen) atoms. The van der Waals surface area contributed by atoms with E-state index in [-0.39, 0.29) is 0 Å². The summed E-state index contributed by atoms with van der Waals surface area (Å²) in [6.45, 7) is -1.78. The third-order valence-electron chi connectivity index (χ3n) is 0. The van der Waals surface area contributed by atoms with Crippen molar-refractivity contribution in [3.63, 3.8) is 0 Å². The van der Waals surface area contributed by atoms with Crippen LogP contribution in [0.3, 0.4) is 0 Å². The predicted molar refractivity (Wildman–Crippen MR) is 41.0 cm³/mol. The fourth-order valence-corrected chi connectivity index (χ4v) is 0. The molecule has 6 nitrogen and oxygen atoms in total. The van der Waals surface area contributed by atoms with Gasteiger partial charge >= 0.3 is 7.75 Å². The lowest BCUT2D eigenvalue weighted by molar-refractivity contribution is 0.374. The molecule has 0 rings (SSSR count). The van der Waals surface area contributed by atoms with E-state index in [0.29, 0.717) is 0 Å². The molecule has 9 heteroatoms. The Bertz CT molecular complexity index is 132. The quantitative estimate of drug-likeness (QED) is 0.277. The average Bonchev–Trinajstić information content (AvgIpc) is 1.12. The van der Waals surface area contributed by atoms with Crippen molar-refractivity contribution in [3.8, 4) is 0 Å². The van der Waals surface area contributed by atoms with Crippen LogP contribution in [0, 0.1) is 0 Å². The third kappa shape index (κ3) is 1200. The first-order valence-electron chi connectivity index (χ1n) is 1.87. The third-order valence-corrected chi connectivity index (χ3v) is 0. The molecule has 0 saturated heterocycles. The average molecular weight is 209 g/mol. The van der Waals surface area contributed by atoms with Gasteiger partial charge < -0.3 is 14.7 Å². The molecule has 0 aliphatic heterocycles. The Morgan fingerprint density at radius 1 is 1.30 bits per heavy atom. The minimum Gasteiger partial charge on any atom is -0.337 e. The monoisotopic (exact) mass is 209 g/mol. The lowest BCUT2D eigenvalue weighted by atomic mass is 12.0. The first kappa shape index (κ1) is 13.3. The van der Waals surface area contributed by atoms with Gasteiger partial charge in [0.2, 0.25) is 6.57 Å². The second-order valence-electron chi connectivity index (χ2n) is 1.42. The molecule has 0 aromatic rings. The van der Waals surface area contributed by atoms with Crippen molar-refractivity contribution >= 4 is 26.6 Å². The van der Waals surface area contributed by atoms with Gasteiger partial charge in [-0.15, -0.1) is 0 Å². The molecular weight excluding hydrogens is 200 g/mol. The molecule has 0 fully saturated rings. The van der Waals surface area contributed by atoms with E-state index in [9.17, 15) is 4.57 Å². The van der Waals surface area contributed by atoms with Crippen LogP contribution in [0.25, 0.3) is 0 Å². The SMILES string of the molecule is CP(=O)(O)S.NP(=O)(O)O. The Hall–Kier alpha value is 0.650. The smallest absolute Gasteiger partial charge is 0.337 e. The summed E-state index contributed by atoms with van der Waals surface area (Å²) < 4.78 is 18.7. The van der Waals surface area contributed by atoms with Crippen molar-refractivity contribution < 1.29 is 23.8 Å². The summed E-state index contributed by atoms with van der Waals surface area (Å²) in [6.07, 6.45) is 0. The summed E-state index contributed by atoms with van der Waals surface area (Å²) in [4.78, 5) is 22.8. The molecule has 0 spiro atoms. The number of rotatable bonds is 0. The number of nitrogens with two attached hydrogens (primary N) is 1. The molecule has 0 bridgehead atoms. The van der Waals surface area contributed by atoms with Crippen LogP contribution in [0.4, 0.5) is 0 Å². The molecule has 0 aromatic heterocycles. The fraction of sp³-hybridized carbons (Fsp3) is 1.00. The highest BCUT2D eigenvalue weighted by molar-refractivity contribution is 8.45. The fourth-order valence-electron chi connectivity index (χ4n) is 0. The van der Waals surface area contributed by atoms with E-state index in [2.05, 4.69) is 17.8 Å². The van der Waals surface area contributed by atoms with Gasteiger partial charge in [-0.2, -0.15) is 0 Å². The van der Waals surface area contributed by atoms with Crippen LogP contribution in [0.15, 0.2) is 0 Å². The first-order valence-corrected chi connectivity index (χ1v) is 6.81. The van der Waals surface area contributed by atoms with Gasteiger partial charge in [-0.1, -0.05) is 12.2 Å². The Balaban J connectivity index is 0. The summed E-state index contributed by atoms with van der Waals surface area (Å²) >= 11 is 3.23. The van der Waals surface area contributed by atoms with Crippen molar-refractivity contribution in [2.45, 2.75) is 0 Å². The van der Waals surface area contributed by atoms with E-state index in [1.807, 2.05) is 0 Å². The van der Waals surface area contributed by atoms with Crippen LogP contribution in [-0.2, 0) is 9.13 Å². The Morgan fingerprint density at radius 3 is 1.30 bits per heavy atom. The maximum absolute atomic E-state index is 9.64. The topological polar surface area (TPSA) is 121 Å². The van der Waals surface area contributed by atoms with Crippen molar-refractivity contribution in [2.75, 3.05) is 6.66 Å². The highest BCUT2D eigenvalue weighted by Crippen LogP contribution is 2.39. The molecule has 0 aromatic carbocycles. The van der Waals surface area contributed by atoms with Crippen LogP contribution in [0.2, 0.25) is 0 Å². The van der Waals surface area contributed by atoms with Crippen molar-refractivity contribution in [3.05, 3.63) is 0 Å². The van der Waals surface area contributed by atoms with Crippen LogP contribution < -0.4 is 5.50 Å². The summed E-state index contributed by atoms with van der Waals surface area (Å²) in [5, 5.41) is 0. The molecule has 1 atom stereocenters. The number of thiol groups is 1. The van der Waals surface area contributed by atoms with Crippen molar-refractivity contribution in [1.82, 2.24) is 0 Å². The standard InChI is InChI=1S/CH5O2PS.H4NO3P/c1-4(2,3)5;1-5(2,3)4/h1H3,(H2,2,3,5);(H4,1,2,3,4). The molecule has 5 N–H and O–H groups in total. The summed E-state index contributed by atoms with van der Waals surface area (Å²) in [5.41, 5.74) is 4.02. The lowest BCUT2D eigenvalue weighted by Gasteiger charge is -1.84. The normalized spacial score (nSPS) is 16.6. The summed E-state index contributed by atoms with van der Waals surface area (Å²) in [5.74, 6) is 0. The van der Waals surface area contributed by atoms with Gasteiger partial charge in [-0.05, 0) is 0 Å².